The normalized spacial score (nSPS) is 12.3. The number of carbonyl (C=O) groups is 1. The van der Waals surface area contributed by atoms with Crippen molar-refractivity contribution in [2.24, 2.45) is 0 Å². The average Bonchev–Trinajstić information content (AvgIpc) is 2.48. The van der Waals surface area contributed by atoms with Crippen molar-refractivity contribution in [1.82, 2.24) is 4.90 Å². The van der Waals surface area contributed by atoms with Crippen LogP contribution >= 0.6 is 11.6 Å². The summed E-state index contributed by atoms with van der Waals surface area (Å²) in [6.07, 6.45) is 0.629. The van der Waals surface area contributed by atoms with E-state index in [-0.39, 0.29) is 6.04 Å². The Kier molecular flexibility index (Phi) is 6.85. The molecule has 1 aromatic carbocycles. The highest BCUT2D eigenvalue weighted by Gasteiger charge is 2.16. The van der Waals surface area contributed by atoms with Crippen molar-refractivity contribution in [3.05, 3.63) is 34.3 Å². The predicted octanol–water partition coefficient (Wildman–Crippen LogP) is 3.61. The van der Waals surface area contributed by atoms with E-state index in [1.807, 2.05) is 0 Å². The van der Waals surface area contributed by atoms with Crippen LogP contribution in [0.3, 0.4) is 0 Å². The van der Waals surface area contributed by atoms with Gasteiger partial charge < -0.3 is 15.0 Å². The van der Waals surface area contributed by atoms with Crippen molar-refractivity contribution in [2.75, 3.05) is 20.2 Å². The third-order valence-electron chi connectivity index (χ3n) is 3.66. The second kappa shape index (κ2) is 8.15. The van der Waals surface area contributed by atoms with Crippen molar-refractivity contribution < 1.29 is 9.53 Å². The molecular formula is C16H23ClN2O2. The van der Waals surface area contributed by atoms with Gasteiger partial charge in [-0.2, -0.15) is 0 Å². The van der Waals surface area contributed by atoms with Gasteiger partial charge in [0.15, 0.2) is 0 Å². The molecular weight excluding hydrogens is 288 g/mol. The maximum atomic E-state index is 11.6. The molecule has 0 aliphatic carbocycles. The summed E-state index contributed by atoms with van der Waals surface area (Å²) in [4.78, 5) is 13.9. The zero-order valence-electron chi connectivity index (χ0n) is 13.1. The lowest BCUT2D eigenvalue weighted by Crippen LogP contribution is -2.34. The molecule has 1 rings (SSSR count). The van der Waals surface area contributed by atoms with E-state index in [1.165, 1.54) is 7.11 Å². The maximum Gasteiger partial charge on any atom is 0.339 e. The Morgan fingerprint density at radius 3 is 2.52 bits per heavy atom. The fourth-order valence-corrected chi connectivity index (χ4v) is 2.56. The Labute approximate surface area is 131 Å². The topological polar surface area (TPSA) is 53.4 Å². The summed E-state index contributed by atoms with van der Waals surface area (Å²) < 4.78 is 4.70. The van der Waals surface area contributed by atoms with Crippen LogP contribution in [0.2, 0.25) is 5.02 Å². The second-order valence-corrected chi connectivity index (χ2v) is 5.35. The summed E-state index contributed by atoms with van der Waals surface area (Å²) in [5.41, 5.74) is 1.51. The largest absolute Gasteiger partial charge is 0.465 e. The van der Waals surface area contributed by atoms with Gasteiger partial charge in [-0.15, -0.1) is 0 Å². The Balaban J connectivity index is 2.91. The van der Waals surface area contributed by atoms with Crippen LogP contribution in [-0.2, 0) is 4.74 Å². The van der Waals surface area contributed by atoms with Crippen molar-refractivity contribution in [3.8, 4) is 0 Å². The monoisotopic (exact) mass is 310 g/mol. The molecule has 0 saturated carbocycles. The molecule has 0 spiro atoms. The van der Waals surface area contributed by atoms with Gasteiger partial charge in [0.25, 0.3) is 0 Å². The molecule has 0 aromatic heterocycles. The van der Waals surface area contributed by atoms with Crippen LogP contribution in [0.15, 0.2) is 18.2 Å². The van der Waals surface area contributed by atoms with Crippen LogP contribution in [0.1, 0.15) is 43.1 Å². The Morgan fingerprint density at radius 1 is 1.38 bits per heavy atom. The van der Waals surface area contributed by atoms with Crippen LogP contribution in [-0.4, -0.2) is 42.8 Å². The quantitative estimate of drug-likeness (QED) is 0.618. The third-order valence-corrected chi connectivity index (χ3v) is 3.98. The van der Waals surface area contributed by atoms with Gasteiger partial charge in [-0.1, -0.05) is 31.5 Å². The molecule has 0 radical (unpaired) electrons. The number of carbonyl (C=O) groups excluding carboxylic acids is 1. The van der Waals surface area contributed by atoms with Crippen LogP contribution in [0.25, 0.3) is 0 Å². The van der Waals surface area contributed by atoms with Gasteiger partial charge in [0.05, 0.1) is 17.7 Å². The van der Waals surface area contributed by atoms with Gasteiger partial charge in [-0.25, -0.2) is 4.79 Å². The van der Waals surface area contributed by atoms with Gasteiger partial charge in [0.1, 0.15) is 0 Å². The number of esters is 1. The minimum absolute atomic E-state index is 0.282. The molecule has 0 aliphatic rings. The molecule has 1 N–H and O–H groups in total. The number of methoxy groups -OCH3 is 1. The number of benzene rings is 1. The molecule has 5 heteroatoms. The molecule has 4 nitrogen and oxygen atoms in total. The van der Waals surface area contributed by atoms with E-state index in [0.29, 0.717) is 28.3 Å². The summed E-state index contributed by atoms with van der Waals surface area (Å²) >= 11 is 6.00. The number of nitrogens with one attached hydrogen (secondary N) is 1. The standard InChI is InChI=1S/C16H23ClN2O2/c1-5-19(6-2)11(3)9-15(18)12-7-8-14(17)13(10-12)16(20)21-4/h7-8,10-11,18H,5-6,9H2,1-4H3. The Bertz CT molecular complexity index is 513. The molecule has 1 unspecified atom stereocenters. The molecule has 0 aliphatic heterocycles. The first-order chi connectivity index (χ1) is 9.94. The molecule has 0 bridgehead atoms. The average molecular weight is 311 g/mol. The first-order valence-corrected chi connectivity index (χ1v) is 7.52. The fraction of sp³-hybridized carbons (Fsp3) is 0.500. The third kappa shape index (κ3) is 4.55. The van der Waals surface area contributed by atoms with Crippen LogP contribution in [0, 0.1) is 5.41 Å². The lowest BCUT2D eigenvalue weighted by Gasteiger charge is -2.26. The Morgan fingerprint density at radius 2 is 2.00 bits per heavy atom. The van der Waals surface area contributed by atoms with E-state index in [1.54, 1.807) is 18.2 Å². The number of ether oxygens (including phenoxy) is 1. The summed E-state index contributed by atoms with van der Waals surface area (Å²) in [6.45, 7) is 8.25. The van der Waals surface area contributed by atoms with Gasteiger partial charge in [-0.3, -0.25) is 0 Å². The molecule has 116 valence electrons. The maximum absolute atomic E-state index is 11.6. The first-order valence-electron chi connectivity index (χ1n) is 7.14. The van der Waals surface area contributed by atoms with Crippen LogP contribution in [0.4, 0.5) is 0 Å². The second-order valence-electron chi connectivity index (χ2n) is 4.94. The SMILES string of the molecule is CCN(CC)C(C)CC(=N)c1ccc(Cl)c(C(=O)OC)c1. The van der Waals surface area contributed by atoms with E-state index in [2.05, 4.69) is 25.7 Å². The lowest BCUT2D eigenvalue weighted by atomic mass is 10.0. The molecule has 0 amide bonds. The van der Waals surface area contributed by atoms with Gasteiger partial charge >= 0.3 is 5.97 Å². The van der Waals surface area contributed by atoms with E-state index in [0.717, 1.165) is 13.1 Å². The fourth-order valence-electron chi connectivity index (χ4n) is 2.37. The number of nitrogens with zero attached hydrogens (tertiary/aromatic N) is 1. The van der Waals surface area contributed by atoms with Crippen molar-refractivity contribution in [1.29, 1.82) is 5.41 Å². The van der Waals surface area contributed by atoms with Crippen LogP contribution < -0.4 is 0 Å². The van der Waals surface area contributed by atoms with E-state index in [9.17, 15) is 4.79 Å². The van der Waals surface area contributed by atoms with Gasteiger partial charge in [0, 0.05) is 18.2 Å². The van der Waals surface area contributed by atoms with E-state index >= 15 is 0 Å². The minimum atomic E-state index is -0.480. The molecule has 21 heavy (non-hydrogen) atoms. The van der Waals surface area contributed by atoms with Gasteiger partial charge in [0.2, 0.25) is 0 Å². The van der Waals surface area contributed by atoms with Crippen molar-refractivity contribution in [2.45, 2.75) is 33.2 Å². The van der Waals surface area contributed by atoms with Crippen molar-refractivity contribution in [3.63, 3.8) is 0 Å². The minimum Gasteiger partial charge on any atom is -0.465 e. The molecule has 1 aromatic rings. The predicted molar refractivity (Wildman–Crippen MR) is 86.6 cm³/mol. The van der Waals surface area contributed by atoms with E-state index in [4.69, 9.17) is 21.7 Å². The number of hydrogen-bond donors (Lipinski definition) is 1. The molecule has 0 fully saturated rings. The summed E-state index contributed by atoms with van der Waals surface area (Å²) in [6, 6.07) is 5.32. The number of halogens is 1. The molecule has 1 atom stereocenters. The zero-order valence-corrected chi connectivity index (χ0v) is 13.8. The number of hydrogen-bond acceptors (Lipinski definition) is 4. The lowest BCUT2D eigenvalue weighted by molar-refractivity contribution is 0.0601. The molecule has 0 saturated heterocycles. The highest BCUT2D eigenvalue weighted by molar-refractivity contribution is 6.33. The number of rotatable bonds is 7. The Hall–Kier alpha value is -1.39. The zero-order chi connectivity index (χ0) is 16.0. The highest BCUT2D eigenvalue weighted by atomic mass is 35.5. The summed E-state index contributed by atoms with van der Waals surface area (Å²) in [5, 5.41) is 8.59. The van der Waals surface area contributed by atoms with Crippen molar-refractivity contribution >= 4 is 23.3 Å². The van der Waals surface area contributed by atoms with E-state index < -0.39 is 5.97 Å². The van der Waals surface area contributed by atoms with Gasteiger partial charge in [-0.05, 0) is 37.7 Å². The molecule has 0 heterocycles. The summed E-state index contributed by atoms with van der Waals surface area (Å²) in [5.74, 6) is -0.480. The summed E-state index contributed by atoms with van der Waals surface area (Å²) in [7, 11) is 1.32. The smallest absolute Gasteiger partial charge is 0.339 e. The first kappa shape index (κ1) is 17.7. The highest BCUT2D eigenvalue weighted by Crippen LogP contribution is 2.20. The van der Waals surface area contributed by atoms with Crippen LogP contribution in [0.5, 0.6) is 0 Å².